The van der Waals surface area contributed by atoms with Crippen LogP contribution in [-0.2, 0) is 23.7 Å². The van der Waals surface area contributed by atoms with Crippen LogP contribution in [0.2, 0.25) is 0 Å². The Kier molecular flexibility index (Phi) is 4.81. The Bertz CT molecular complexity index is 885. The zero-order valence-electron chi connectivity index (χ0n) is 13.2. The zero-order valence-corrected chi connectivity index (χ0v) is 14.8. The van der Waals surface area contributed by atoms with Crippen LogP contribution < -0.4 is 0 Å². The fourth-order valence-electron chi connectivity index (χ4n) is 2.59. The second kappa shape index (κ2) is 6.71. The maximum absolute atomic E-state index is 13.3. The normalized spacial score (nSPS) is 17.2. The van der Waals surface area contributed by atoms with Gasteiger partial charge in [-0.25, -0.2) is 17.5 Å². The molecule has 0 aliphatic carbocycles. The van der Waals surface area contributed by atoms with Crippen molar-refractivity contribution in [3.8, 4) is 0 Å². The molecular weight excluding hydrogens is 353 g/mol. The Morgan fingerprint density at radius 2 is 1.96 bits per heavy atom. The van der Waals surface area contributed by atoms with E-state index in [-0.39, 0.29) is 4.90 Å². The molecule has 2 aromatic rings. The fourth-order valence-corrected chi connectivity index (χ4v) is 4.20. The summed E-state index contributed by atoms with van der Waals surface area (Å²) in [5.41, 5.74) is 0. The highest BCUT2D eigenvalue weighted by molar-refractivity contribution is 7.89. The monoisotopic (exact) mass is 371 g/mol. The third-order valence-electron chi connectivity index (χ3n) is 3.99. The van der Waals surface area contributed by atoms with Crippen molar-refractivity contribution in [1.82, 2.24) is 23.6 Å². The zero-order chi connectivity index (χ0) is 17.3. The number of aryl methyl sites for hydroxylation is 1. The van der Waals surface area contributed by atoms with Gasteiger partial charge in [0.1, 0.15) is 12.1 Å². The van der Waals surface area contributed by atoms with E-state index >= 15 is 0 Å². The summed E-state index contributed by atoms with van der Waals surface area (Å²) in [6.45, 7) is 2.34. The van der Waals surface area contributed by atoms with E-state index in [9.17, 15) is 12.8 Å². The van der Waals surface area contributed by atoms with Crippen LogP contribution >= 0.6 is 12.2 Å². The van der Waals surface area contributed by atoms with Crippen molar-refractivity contribution in [2.24, 2.45) is 7.05 Å². The third kappa shape index (κ3) is 3.41. The highest BCUT2D eigenvalue weighted by Gasteiger charge is 2.28. The summed E-state index contributed by atoms with van der Waals surface area (Å²) in [7, 11) is -1.84. The average molecular weight is 371 g/mol. The van der Waals surface area contributed by atoms with Crippen LogP contribution in [0.3, 0.4) is 0 Å². The van der Waals surface area contributed by atoms with Gasteiger partial charge in [0.25, 0.3) is 0 Å². The molecule has 0 saturated carbocycles. The molecule has 0 radical (unpaired) electrons. The average Bonchev–Trinajstić information content (AvgIpc) is 2.87. The molecule has 0 N–H and O–H groups in total. The van der Waals surface area contributed by atoms with Gasteiger partial charge in [-0.1, -0.05) is 6.07 Å². The second-order valence-corrected chi connectivity index (χ2v) is 7.95. The van der Waals surface area contributed by atoms with Crippen molar-refractivity contribution in [2.45, 2.75) is 11.6 Å². The number of rotatable bonds is 4. The number of hydrogen-bond donors (Lipinski definition) is 0. The Morgan fingerprint density at radius 1 is 1.25 bits per heavy atom. The summed E-state index contributed by atoms with van der Waals surface area (Å²) < 4.78 is 43.9. The minimum Gasteiger partial charge on any atom is -0.310 e. The van der Waals surface area contributed by atoms with Crippen LogP contribution in [0.25, 0.3) is 0 Å². The van der Waals surface area contributed by atoms with E-state index in [1.165, 1.54) is 22.5 Å². The number of nitrogens with zero attached hydrogens (tertiary/aromatic N) is 5. The molecule has 1 fully saturated rings. The molecule has 0 amide bonds. The van der Waals surface area contributed by atoms with Crippen LogP contribution in [0, 0.1) is 10.6 Å². The van der Waals surface area contributed by atoms with Crippen LogP contribution in [0.5, 0.6) is 0 Å². The number of hydrogen-bond acceptors (Lipinski definition) is 5. The van der Waals surface area contributed by atoms with E-state index in [0.717, 1.165) is 6.07 Å². The first kappa shape index (κ1) is 17.2. The number of aromatic nitrogens is 3. The lowest BCUT2D eigenvalue weighted by molar-refractivity contribution is 0.144. The fraction of sp³-hybridized carbons (Fsp3) is 0.429. The topological polar surface area (TPSA) is 63.4 Å². The van der Waals surface area contributed by atoms with Gasteiger partial charge in [0.05, 0.1) is 11.6 Å². The summed E-state index contributed by atoms with van der Waals surface area (Å²) in [6, 6.07) is 5.10. The minimum absolute atomic E-state index is 0.0112. The molecule has 1 aliphatic heterocycles. The van der Waals surface area contributed by atoms with E-state index in [1.54, 1.807) is 15.6 Å². The smallest absolute Gasteiger partial charge is 0.243 e. The summed E-state index contributed by atoms with van der Waals surface area (Å²) in [6.07, 6.45) is 1.65. The number of benzene rings is 1. The molecule has 1 aliphatic rings. The lowest BCUT2D eigenvalue weighted by Gasteiger charge is -2.33. The predicted octanol–water partition coefficient (Wildman–Crippen LogP) is 1.05. The molecule has 3 rings (SSSR count). The van der Waals surface area contributed by atoms with E-state index in [4.69, 9.17) is 12.2 Å². The molecule has 24 heavy (non-hydrogen) atoms. The minimum atomic E-state index is -3.67. The molecule has 1 saturated heterocycles. The molecular formula is C14H18FN5O2S2. The van der Waals surface area contributed by atoms with Crippen molar-refractivity contribution >= 4 is 22.2 Å². The molecule has 0 unspecified atom stereocenters. The van der Waals surface area contributed by atoms with Gasteiger partial charge in [0, 0.05) is 33.2 Å². The molecule has 0 atom stereocenters. The van der Waals surface area contributed by atoms with Gasteiger partial charge >= 0.3 is 0 Å². The Labute approximate surface area is 145 Å². The Hall–Kier alpha value is -1.62. The third-order valence-corrected chi connectivity index (χ3v) is 6.38. The Balaban J connectivity index is 1.66. The number of halogens is 1. The molecule has 7 nitrogen and oxygen atoms in total. The quantitative estimate of drug-likeness (QED) is 0.752. The predicted molar refractivity (Wildman–Crippen MR) is 88.8 cm³/mol. The first-order valence-corrected chi connectivity index (χ1v) is 9.29. The van der Waals surface area contributed by atoms with Crippen LogP contribution in [-0.4, -0.2) is 58.1 Å². The van der Waals surface area contributed by atoms with Gasteiger partial charge in [-0.3, -0.25) is 4.90 Å². The molecule has 0 spiro atoms. The van der Waals surface area contributed by atoms with Crippen molar-refractivity contribution < 1.29 is 12.8 Å². The van der Waals surface area contributed by atoms with Crippen LogP contribution in [0.1, 0.15) is 0 Å². The van der Waals surface area contributed by atoms with Crippen LogP contribution in [0.4, 0.5) is 4.39 Å². The molecule has 1 aromatic carbocycles. The van der Waals surface area contributed by atoms with Crippen LogP contribution in [0.15, 0.2) is 35.5 Å². The summed E-state index contributed by atoms with van der Waals surface area (Å²) in [5.74, 6) is -0.556. The van der Waals surface area contributed by atoms with Gasteiger partial charge < -0.3 is 4.57 Å². The van der Waals surface area contributed by atoms with E-state index in [1.807, 2.05) is 7.05 Å². The summed E-state index contributed by atoms with van der Waals surface area (Å²) in [4.78, 5) is 2.07. The van der Waals surface area contributed by atoms with E-state index in [2.05, 4.69) is 10.00 Å². The van der Waals surface area contributed by atoms with Gasteiger partial charge in [0.2, 0.25) is 10.0 Å². The summed E-state index contributed by atoms with van der Waals surface area (Å²) >= 11 is 5.25. The first-order chi connectivity index (χ1) is 11.4. The lowest BCUT2D eigenvalue weighted by atomic mass is 10.4. The number of sulfonamides is 1. The van der Waals surface area contributed by atoms with Gasteiger partial charge in [0.15, 0.2) is 4.77 Å². The van der Waals surface area contributed by atoms with E-state index < -0.39 is 15.8 Å². The highest BCUT2D eigenvalue weighted by atomic mass is 32.2. The number of piperazine rings is 1. The van der Waals surface area contributed by atoms with Gasteiger partial charge in [-0.2, -0.15) is 9.40 Å². The highest BCUT2D eigenvalue weighted by Crippen LogP contribution is 2.18. The second-order valence-electron chi connectivity index (χ2n) is 5.64. The lowest BCUT2D eigenvalue weighted by Crippen LogP contribution is -2.48. The van der Waals surface area contributed by atoms with Crippen molar-refractivity contribution in [3.63, 3.8) is 0 Å². The Morgan fingerprint density at radius 3 is 2.54 bits per heavy atom. The maximum Gasteiger partial charge on any atom is 0.243 e. The first-order valence-electron chi connectivity index (χ1n) is 7.44. The van der Waals surface area contributed by atoms with Gasteiger partial charge in [-0.05, 0) is 30.4 Å². The maximum atomic E-state index is 13.3. The van der Waals surface area contributed by atoms with Gasteiger partial charge in [-0.15, -0.1) is 0 Å². The molecule has 2 heterocycles. The molecule has 10 heteroatoms. The standard InChI is InChI=1S/C14H18FN5O2S2/c1-17-10-16-20(14(17)23)11-18-5-7-19(8-6-18)24(21,22)13-4-2-3-12(15)9-13/h2-4,9-10H,5-8,11H2,1H3. The SMILES string of the molecule is Cn1cnn(CN2CCN(S(=O)(=O)c3cccc(F)c3)CC2)c1=S. The molecule has 0 bridgehead atoms. The van der Waals surface area contributed by atoms with Crippen molar-refractivity contribution in [1.29, 1.82) is 0 Å². The van der Waals surface area contributed by atoms with Crippen molar-refractivity contribution in [2.75, 3.05) is 26.2 Å². The molecule has 1 aromatic heterocycles. The van der Waals surface area contributed by atoms with E-state index in [0.29, 0.717) is 37.6 Å². The molecule has 130 valence electrons. The van der Waals surface area contributed by atoms with Crippen molar-refractivity contribution in [3.05, 3.63) is 41.2 Å². The largest absolute Gasteiger partial charge is 0.310 e. The summed E-state index contributed by atoms with van der Waals surface area (Å²) in [5, 5.41) is 4.19.